The van der Waals surface area contributed by atoms with Crippen molar-refractivity contribution in [2.45, 2.75) is 51.0 Å². The minimum atomic E-state index is -3.78. The van der Waals surface area contributed by atoms with Crippen LogP contribution in [0.1, 0.15) is 44.9 Å². The standard InChI is InChI=1S/C14H23N5O3S2/c1-7-9-11(10(8-2)19(5)16-9)24(20,21)18-13-15-12(17-23-13)14(3,4)22-6/h7-8H2,1-6H3,(H,15,17,18). The second-order valence-electron chi connectivity index (χ2n) is 5.80. The Hall–Kier alpha value is -1.52. The molecule has 2 heterocycles. The van der Waals surface area contributed by atoms with Crippen LogP contribution in [-0.2, 0) is 40.3 Å². The molecule has 2 rings (SSSR count). The molecule has 0 aliphatic heterocycles. The van der Waals surface area contributed by atoms with Crippen molar-refractivity contribution in [3.05, 3.63) is 17.2 Å². The summed E-state index contributed by atoms with van der Waals surface area (Å²) in [5.74, 6) is 0.435. The van der Waals surface area contributed by atoms with Gasteiger partial charge >= 0.3 is 0 Å². The number of sulfonamides is 1. The van der Waals surface area contributed by atoms with Gasteiger partial charge in [-0.2, -0.15) is 14.5 Å². The Bertz CT molecular complexity index is 824. The van der Waals surface area contributed by atoms with Crippen molar-refractivity contribution in [2.24, 2.45) is 7.05 Å². The highest BCUT2D eigenvalue weighted by Crippen LogP contribution is 2.28. The van der Waals surface area contributed by atoms with Crippen molar-refractivity contribution in [3.8, 4) is 0 Å². The Balaban J connectivity index is 2.40. The Morgan fingerprint density at radius 3 is 2.50 bits per heavy atom. The largest absolute Gasteiger partial charge is 0.371 e. The van der Waals surface area contributed by atoms with E-state index in [1.165, 1.54) is 0 Å². The number of nitrogens with one attached hydrogen (secondary N) is 1. The summed E-state index contributed by atoms with van der Waals surface area (Å²) in [5.41, 5.74) is 0.530. The van der Waals surface area contributed by atoms with Crippen LogP contribution in [0, 0.1) is 0 Å². The molecule has 0 spiro atoms. The first-order chi connectivity index (χ1) is 11.2. The van der Waals surface area contributed by atoms with E-state index < -0.39 is 15.6 Å². The normalized spacial score (nSPS) is 12.6. The summed E-state index contributed by atoms with van der Waals surface area (Å²) < 4.78 is 39.3. The van der Waals surface area contributed by atoms with Gasteiger partial charge in [0, 0.05) is 25.7 Å². The summed E-state index contributed by atoms with van der Waals surface area (Å²) in [6.45, 7) is 7.42. The maximum atomic E-state index is 12.8. The monoisotopic (exact) mass is 373 g/mol. The molecule has 0 radical (unpaired) electrons. The molecule has 8 nitrogen and oxygen atoms in total. The smallest absolute Gasteiger partial charge is 0.267 e. The molecule has 0 aliphatic carbocycles. The van der Waals surface area contributed by atoms with E-state index in [4.69, 9.17) is 4.74 Å². The zero-order valence-corrected chi connectivity index (χ0v) is 16.4. The lowest BCUT2D eigenvalue weighted by atomic mass is 10.1. The van der Waals surface area contributed by atoms with Gasteiger partial charge in [0.05, 0.1) is 11.4 Å². The quantitative estimate of drug-likeness (QED) is 0.798. The van der Waals surface area contributed by atoms with Crippen molar-refractivity contribution in [2.75, 3.05) is 11.8 Å². The Morgan fingerprint density at radius 2 is 1.96 bits per heavy atom. The molecule has 134 valence electrons. The number of rotatable bonds is 7. The van der Waals surface area contributed by atoms with Crippen LogP contribution in [0.25, 0.3) is 0 Å². The first kappa shape index (κ1) is 18.8. The second kappa shape index (κ2) is 6.77. The number of methoxy groups -OCH3 is 1. The van der Waals surface area contributed by atoms with E-state index in [9.17, 15) is 8.42 Å². The third kappa shape index (κ3) is 3.45. The summed E-state index contributed by atoms with van der Waals surface area (Å²) in [7, 11) is -0.475. The van der Waals surface area contributed by atoms with Gasteiger partial charge in [-0.25, -0.2) is 8.42 Å². The number of hydrogen-bond acceptors (Lipinski definition) is 7. The van der Waals surface area contributed by atoms with Crippen LogP contribution < -0.4 is 4.72 Å². The van der Waals surface area contributed by atoms with Crippen molar-refractivity contribution in [3.63, 3.8) is 0 Å². The highest BCUT2D eigenvalue weighted by atomic mass is 32.2. The highest BCUT2D eigenvalue weighted by Gasteiger charge is 2.29. The van der Waals surface area contributed by atoms with Gasteiger partial charge in [-0.15, -0.1) is 0 Å². The lowest BCUT2D eigenvalue weighted by Gasteiger charge is -2.18. The third-order valence-corrected chi connectivity index (χ3v) is 6.05. The molecule has 0 atom stereocenters. The molecule has 0 saturated heterocycles. The van der Waals surface area contributed by atoms with E-state index in [1.54, 1.807) is 18.8 Å². The van der Waals surface area contributed by atoms with Crippen LogP contribution >= 0.6 is 11.5 Å². The van der Waals surface area contributed by atoms with Gasteiger partial charge in [0.25, 0.3) is 10.0 Å². The molecule has 2 aromatic heterocycles. The van der Waals surface area contributed by atoms with E-state index in [2.05, 4.69) is 19.2 Å². The van der Waals surface area contributed by atoms with E-state index in [0.29, 0.717) is 30.1 Å². The summed E-state index contributed by atoms with van der Waals surface area (Å²) in [6.07, 6.45) is 1.10. The van der Waals surface area contributed by atoms with Gasteiger partial charge in [-0.3, -0.25) is 9.40 Å². The fourth-order valence-electron chi connectivity index (χ4n) is 2.30. The molecule has 0 aliphatic rings. The van der Waals surface area contributed by atoms with Crippen LogP contribution in [0.3, 0.4) is 0 Å². The molecule has 10 heteroatoms. The SMILES string of the molecule is CCc1nn(C)c(CC)c1S(=O)(=O)Nc1nc(C(C)(C)OC)ns1. The minimum absolute atomic E-state index is 0.211. The molecule has 0 fully saturated rings. The first-order valence-electron chi connectivity index (χ1n) is 7.63. The molecule has 2 aromatic rings. The summed E-state index contributed by atoms with van der Waals surface area (Å²) in [4.78, 5) is 4.48. The van der Waals surface area contributed by atoms with E-state index >= 15 is 0 Å². The molecule has 0 unspecified atom stereocenters. The molecule has 24 heavy (non-hydrogen) atoms. The van der Waals surface area contributed by atoms with Crippen LogP contribution in [0.2, 0.25) is 0 Å². The van der Waals surface area contributed by atoms with Crippen LogP contribution in [-0.4, -0.2) is 34.7 Å². The number of aromatic nitrogens is 4. The van der Waals surface area contributed by atoms with Crippen LogP contribution in [0.4, 0.5) is 5.13 Å². The minimum Gasteiger partial charge on any atom is -0.371 e. The summed E-state index contributed by atoms with van der Waals surface area (Å²) >= 11 is 0.988. The zero-order valence-electron chi connectivity index (χ0n) is 14.7. The topological polar surface area (TPSA) is 99.0 Å². The Morgan fingerprint density at radius 1 is 1.29 bits per heavy atom. The van der Waals surface area contributed by atoms with Crippen molar-refractivity contribution >= 4 is 26.7 Å². The first-order valence-corrected chi connectivity index (χ1v) is 9.88. The molecule has 0 amide bonds. The highest BCUT2D eigenvalue weighted by molar-refractivity contribution is 7.93. The van der Waals surface area contributed by atoms with Crippen molar-refractivity contribution in [1.82, 2.24) is 19.1 Å². The van der Waals surface area contributed by atoms with Crippen LogP contribution in [0.5, 0.6) is 0 Å². The zero-order chi connectivity index (χ0) is 18.1. The molecular weight excluding hydrogens is 350 g/mol. The van der Waals surface area contributed by atoms with Gasteiger partial charge in [0.1, 0.15) is 10.5 Å². The van der Waals surface area contributed by atoms with Crippen molar-refractivity contribution < 1.29 is 13.2 Å². The second-order valence-corrected chi connectivity index (χ2v) is 8.17. The number of aryl methyl sites for hydroxylation is 2. The number of ether oxygens (including phenoxy) is 1. The van der Waals surface area contributed by atoms with E-state index in [-0.39, 0.29) is 10.0 Å². The van der Waals surface area contributed by atoms with Crippen LogP contribution in [0.15, 0.2) is 4.90 Å². The predicted octanol–water partition coefficient (Wildman–Crippen LogP) is 2.08. The maximum absolute atomic E-state index is 12.8. The van der Waals surface area contributed by atoms with Gasteiger partial charge in [0.15, 0.2) is 5.82 Å². The fraction of sp³-hybridized carbons (Fsp3) is 0.643. The average molecular weight is 374 g/mol. The van der Waals surface area contributed by atoms with E-state index in [0.717, 1.165) is 11.5 Å². The van der Waals surface area contributed by atoms with Gasteiger partial charge < -0.3 is 4.74 Å². The molecule has 0 bridgehead atoms. The number of nitrogens with zero attached hydrogens (tertiary/aromatic N) is 4. The fourth-order valence-corrected chi connectivity index (χ4v) is 4.80. The summed E-state index contributed by atoms with van der Waals surface area (Å²) in [6, 6.07) is 0. The third-order valence-electron chi connectivity index (χ3n) is 3.82. The molecule has 1 N–H and O–H groups in total. The Labute approximate surface area is 146 Å². The lowest BCUT2D eigenvalue weighted by Crippen LogP contribution is -2.21. The average Bonchev–Trinajstić information content (AvgIpc) is 3.11. The van der Waals surface area contributed by atoms with Gasteiger partial charge in [-0.1, -0.05) is 13.8 Å². The Kier molecular flexibility index (Phi) is 5.31. The molecule has 0 saturated carbocycles. The van der Waals surface area contributed by atoms with Gasteiger partial charge in [-0.05, 0) is 26.7 Å². The predicted molar refractivity (Wildman–Crippen MR) is 92.7 cm³/mol. The maximum Gasteiger partial charge on any atom is 0.267 e. The lowest BCUT2D eigenvalue weighted by molar-refractivity contribution is 0.0126. The van der Waals surface area contributed by atoms with E-state index in [1.807, 2.05) is 27.7 Å². The number of anilines is 1. The number of hydrogen-bond donors (Lipinski definition) is 1. The van der Waals surface area contributed by atoms with Gasteiger partial charge in [0.2, 0.25) is 5.13 Å². The van der Waals surface area contributed by atoms with Crippen molar-refractivity contribution in [1.29, 1.82) is 0 Å². The molecule has 0 aromatic carbocycles. The summed E-state index contributed by atoms with van der Waals surface area (Å²) in [5, 5.41) is 4.52. The molecular formula is C14H23N5O3S2.